The third-order valence-corrected chi connectivity index (χ3v) is 6.17. The number of benzene rings is 2. The van der Waals surface area contributed by atoms with Crippen molar-refractivity contribution in [3.05, 3.63) is 65.2 Å². The molecule has 0 aromatic heterocycles. The maximum atomic E-state index is 13.2. The Morgan fingerprint density at radius 1 is 1.00 bits per heavy atom. The van der Waals surface area contributed by atoms with E-state index in [4.69, 9.17) is 4.74 Å². The van der Waals surface area contributed by atoms with E-state index in [0.29, 0.717) is 12.3 Å². The van der Waals surface area contributed by atoms with Gasteiger partial charge in [-0.05, 0) is 56.4 Å². The van der Waals surface area contributed by atoms with Crippen LogP contribution < -0.4 is 10.1 Å². The Kier molecular flexibility index (Phi) is 8.10. The van der Waals surface area contributed by atoms with E-state index in [1.807, 2.05) is 69.3 Å². The van der Waals surface area contributed by atoms with Gasteiger partial charge in [-0.1, -0.05) is 61.7 Å². The summed E-state index contributed by atoms with van der Waals surface area (Å²) < 4.78 is 5.80. The number of ether oxygens (including phenoxy) is 1. The SMILES string of the molecule is Cc1ccccc1CN(C(=O)COc1ccccc1C)[C@H](C)C(=O)NC1CCCCC1. The van der Waals surface area contributed by atoms with E-state index < -0.39 is 6.04 Å². The van der Waals surface area contributed by atoms with Crippen molar-refractivity contribution in [1.29, 1.82) is 0 Å². The van der Waals surface area contributed by atoms with Crippen LogP contribution in [-0.4, -0.2) is 35.4 Å². The number of carbonyl (C=O) groups excluding carboxylic acids is 2. The van der Waals surface area contributed by atoms with Gasteiger partial charge in [-0.3, -0.25) is 9.59 Å². The summed E-state index contributed by atoms with van der Waals surface area (Å²) in [5.41, 5.74) is 3.10. The van der Waals surface area contributed by atoms with Gasteiger partial charge in [-0.25, -0.2) is 0 Å². The van der Waals surface area contributed by atoms with Gasteiger partial charge in [-0.2, -0.15) is 0 Å². The number of carbonyl (C=O) groups is 2. The highest BCUT2D eigenvalue weighted by molar-refractivity contribution is 5.88. The number of amides is 2. The monoisotopic (exact) mass is 422 g/mol. The van der Waals surface area contributed by atoms with Crippen molar-refractivity contribution < 1.29 is 14.3 Å². The average molecular weight is 423 g/mol. The number of nitrogens with one attached hydrogen (secondary N) is 1. The van der Waals surface area contributed by atoms with Gasteiger partial charge in [0.05, 0.1) is 0 Å². The van der Waals surface area contributed by atoms with Gasteiger partial charge < -0.3 is 15.0 Å². The van der Waals surface area contributed by atoms with Crippen LogP contribution in [0.1, 0.15) is 55.7 Å². The Morgan fingerprint density at radius 2 is 1.65 bits per heavy atom. The lowest BCUT2D eigenvalue weighted by Crippen LogP contribution is -2.51. The van der Waals surface area contributed by atoms with Gasteiger partial charge in [0.15, 0.2) is 6.61 Å². The predicted octanol–water partition coefficient (Wildman–Crippen LogP) is 4.55. The Hall–Kier alpha value is -2.82. The van der Waals surface area contributed by atoms with E-state index in [-0.39, 0.29) is 24.5 Å². The third-order valence-electron chi connectivity index (χ3n) is 6.17. The first-order chi connectivity index (χ1) is 15.0. The van der Waals surface area contributed by atoms with E-state index in [1.54, 1.807) is 4.90 Å². The second kappa shape index (κ2) is 11.0. The molecule has 0 spiro atoms. The lowest BCUT2D eigenvalue weighted by Gasteiger charge is -2.31. The number of aryl methyl sites for hydroxylation is 2. The molecule has 5 nitrogen and oxygen atoms in total. The van der Waals surface area contributed by atoms with Crippen LogP contribution in [0.25, 0.3) is 0 Å². The fraction of sp³-hybridized carbons (Fsp3) is 0.462. The minimum absolute atomic E-state index is 0.0928. The molecule has 1 atom stereocenters. The maximum absolute atomic E-state index is 13.2. The molecular formula is C26H34N2O3. The summed E-state index contributed by atoms with van der Waals surface area (Å²) in [6.07, 6.45) is 5.56. The molecule has 1 aliphatic rings. The fourth-order valence-electron chi connectivity index (χ4n) is 4.06. The molecule has 2 amide bonds. The van der Waals surface area contributed by atoms with Crippen molar-refractivity contribution in [2.45, 2.75) is 71.5 Å². The van der Waals surface area contributed by atoms with Crippen molar-refractivity contribution in [3.8, 4) is 5.75 Å². The van der Waals surface area contributed by atoms with Crippen molar-refractivity contribution in [2.24, 2.45) is 0 Å². The van der Waals surface area contributed by atoms with Gasteiger partial charge >= 0.3 is 0 Å². The quantitative estimate of drug-likeness (QED) is 0.679. The van der Waals surface area contributed by atoms with Crippen LogP contribution in [0.15, 0.2) is 48.5 Å². The summed E-state index contributed by atoms with van der Waals surface area (Å²) >= 11 is 0. The van der Waals surface area contributed by atoms with Crippen LogP contribution in [0, 0.1) is 13.8 Å². The van der Waals surface area contributed by atoms with Gasteiger partial charge in [0.1, 0.15) is 11.8 Å². The molecule has 2 aromatic rings. The zero-order chi connectivity index (χ0) is 22.2. The maximum Gasteiger partial charge on any atom is 0.261 e. The standard InChI is InChI=1S/C26H34N2O3/c1-19-11-7-9-13-22(19)17-28(21(3)26(30)27-23-14-5-4-6-15-23)25(29)18-31-24-16-10-8-12-20(24)2/h7-13,16,21,23H,4-6,14-15,17-18H2,1-3H3,(H,27,30)/t21-/m1/s1. The molecule has 0 aliphatic heterocycles. The molecule has 0 saturated heterocycles. The first kappa shape index (κ1) is 22.9. The van der Waals surface area contributed by atoms with Gasteiger partial charge in [0.25, 0.3) is 5.91 Å². The van der Waals surface area contributed by atoms with E-state index >= 15 is 0 Å². The van der Waals surface area contributed by atoms with Crippen molar-refractivity contribution in [3.63, 3.8) is 0 Å². The molecule has 0 radical (unpaired) electrons. The van der Waals surface area contributed by atoms with Crippen LogP contribution in [0.3, 0.4) is 0 Å². The van der Waals surface area contributed by atoms with Crippen molar-refractivity contribution in [2.75, 3.05) is 6.61 Å². The molecule has 3 rings (SSSR count). The normalized spacial score (nSPS) is 15.2. The topological polar surface area (TPSA) is 58.6 Å². The smallest absolute Gasteiger partial charge is 0.261 e. The molecule has 2 aromatic carbocycles. The number of nitrogens with zero attached hydrogens (tertiary/aromatic N) is 1. The van der Waals surface area contributed by atoms with E-state index in [1.165, 1.54) is 6.42 Å². The minimum Gasteiger partial charge on any atom is -0.484 e. The lowest BCUT2D eigenvalue weighted by molar-refractivity contribution is -0.142. The van der Waals surface area contributed by atoms with Crippen LogP contribution in [0.5, 0.6) is 5.75 Å². The zero-order valence-corrected chi connectivity index (χ0v) is 18.9. The van der Waals surface area contributed by atoms with Crippen molar-refractivity contribution >= 4 is 11.8 Å². The first-order valence-electron chi connectivity index (χ1n) is 11.3. The van der Waals surface area contributed by atoms with E-state index in [0.717, 1.165) is 42.4 Å². The number of hydrogen-bond donors (Lipinski definition) is 1. The molecule has 0 bridgehead atoms. The highest BCUT2D eigenvalue weighted by atomic mass is 16.5. The molecule has 0 unspecified atom stereocenters. The Morgan fingerprint density at radius 3 is 2.32 bits per heavy atom. The predicted molar refractivity (Wildman–Crippen MR) is 123 cm³/mol. The van der Waals surface area contributed by atoms with Gasteiger partial charge in [0.2, 0.25) is 5.91 Å². The summed E-state index contributed by atoms with van der Waals surface area (Å²) in [5, 5.41) is 3.16. The van der Waals surface area contributed by atoms with Gasteiger partial charge in [-0.15, -0.1) is 0 Å². The highest BCUT2D eigenvalue weighted by Gasteiger charge is 2.28. The van der Waals surface area contributed by atoms with Crippen LogP contribution in [0.2, 0.25) is 0 Å². The van der Waals surface area contributed by atoms with Gasteiger partial charge in [0, 0.05) is 12.6 Å². The Bertz CT molecular complexity index is 890. The van der Waals surface area contributed by atoms with Crippen molar-refractivity contribution in [1.82, 2.24) is 10.2 Å². The van der Waals surface area contributed by atoms with E-state index in [9.17, 15) is 9.59 Å². The molecule has 31 heavy (non-hydrogen) atoms. The lowest BCUT2D eigenvalue weighted by atomic mass is 9.95. The summed E-state index contributed by atoms with van der Waals surface area (Å²) in [7, 11) is 0. The van der Waals surface area contributed by atoms with E-state index in [2.05, 4.69) is 5.32 Å². The molecule has 1 aliphatic carbocycles. The molecule has 5 heteroatoms. The second-order valence-electron chi connectivity index (χ2n) is 8.52. The summed E-state index contributed by atoms with van der Waals surface area (Å²) in [6, 6.07) is 15.2. The molecule has 1 fully saturated rings. The van der Waals surface area contributed by atoms with Crippen LogP contribution in [-0.2, 0) is 16.1 Å². The highest BCUT2D eigenvalue weighted by Crippen LogP contribution is 2.20. The zero-order valence-electron chi connectivity index (χ0n) is 18.9. The molecule has 166 valence electrons. The average Bonchev–Trinajstić information content (AvgIpc) is 2.78. The minimum atomic E-state index is -0.575. The number of rotatable bonds is 8. The number of hydrogen-bond acceptors (Lipinski definition) is 3. The Balaban J connectivity index is 1.72. The molecule has 0 heterocycles. The molecule has 1 saturated carbocycles. The van der Waals surface area contributed by atoms with Crippen LogP contribution >= 0.6 is 0 Å². The molecule has 1 N–H and O–H groups in total. The fourth-order valence-corrected chi connectivity index (χ4v) is 4.06. The Labute approximate surface area is 185 Å². The molecular weight excluding hydrogens is 388 g/mol. The number of para-hydroxylation sites is 1. The largest absolute Gasteiger partial charge is 0.484 e. The first-order valence-corrected chi connectivity index (χ1v) is 11.3. The summed E-state index contributed by atoms with van der Waals surface area (Å²) in [5.74, 6) is 0.397. The third kappa shape index (κ3) is 6.33. The van der Waals surface area contributed by atoms with Crippen LogP contribution in [0.4, 0.5) is 0 Å². The second-order valence-corrected chi connectivity index (χ2v) is 8.52. The summed E-state index contributed by atoms with van der Waals surface area (Å²) in [6.45, 7) is 6.06. The summed E-state index contributed by atoms with van der Waals surface area (Å²) in [4.78, 5) is 27.9.